The van der Waals surface area contributed by atoms with Gasteiger partial charge < -0.3 is 9.80 Å². The number of halogens is 3. The molecule has 0 fully saturated rings. The molecule has 0 N–H and O–H groups in total. The van der Waals surface area contributed by atoms with Crippen LogP contribution in [0.5, 0.6) is 0 Å². The lowest BCUT2D eigenvalue weighted by Crippen LogP contribution is -2.30. The highest BCUT2D eigenvalue weighted by molar-refractivity contribution is 6.33. The molecule has 0 bridgehead atoms. The molecule has 0 spiro atoms. The van der Waals surface area contributed by atoms with Crippen LogP contribution in [0, 0.1) is 11.6 Å². The number of carbonyl (C=O) groups is 1. The number of anilines is 1. The Kier molecular flexibility index (Phi) is 5.78. The second-order valence-electron chi connectivity index (χ2n) is 5.63. The fourth-order valence-electron chi connectivity index (χ4n) is 2.30. The highest BCUT2D eigenvalue weighted by Crippen LogP contribution is 2.22. The monoisotopic (exact) mass is 352 g/mol. The average molecular weight is 353 g/mol. The first-order valence-electron chi connectivity index (χ1n) is 7.53. The summed E-state index contributed by atoms with van der Waals surface area (Å²) < 4.78 is 26.6. The average Bonchev–Trinajstić information content (AvgIpc) is 2.55. The molecule has 6 heteroatoms. The molecular weight excluding hydrogens is 334 g/mol. The molecule has 0 saturated heterocycles. The summed E-state index contributed by atoms with van der Waals surface area (Å²) in [6.07, 6.45) is 0. The van der Waals surface area contributed by atoms with Crippen LogP contribution >= 0.6 is 11.6 Å². The Balaban J connectivity index is 2.22. The van der Waals surface area contributed by atoms with E-state index in [1.807, 2.05) is 50.2 Å². The van der Waals surface area contributed by atoms with Gasteiger partial charge in [0.05, 0.1) is 10.6 Å². The van der Waals surface area contributed by atoms with Gasteiger partial charge in [-0.15, -0.1) is 0 Å². The van der Waals surface area contributed by atoms with Crippen LogP contribution in [0.25, 0.3) is 0 Å². The first-order chi connectivity index (χ1) is 11.3. The van der Waals surface area contributed by atoms with E-state index in [0.717, 1.165) is 23.4 Å². The second-order valence-corrected chi connectivity index (χ2v) is 6.03. The van der Waals surface area contributed by atoms with Gasteiger partial charge in [0.1, 0.15) is 0 Å². The molecule has 0 heterocycles. The molecule has 0 aromatic heterocycles. The third-order valence-electron chi connectivity index (χ3n) is 3.74. The zero-order valence-electron chi connectivity index (χ0n) is 13.8. The van der Waals surface area contributed by atoms with E-state index >= 15 is 0 Å². The molecule has 0 aliphatic heterocycles. The molecule has 2 rings (SSSR count). The normalized spacial score (nSPS) is 10.6. The fraction of sp³-hybridized carbons (Fsp3) is 0.278. The van der Waals surface area contributed by atoms with Gasteiger partial charge >= 0.3 is 0 Å². The summed E-state index contributed by atoms with van der Waals surface area (Å²) in [5.41, 5.74) is 1.95. The summed E-state index contributed by atoms with van der Waals surface area (Å²) in [6, 6.07) is 9.44. The Morgan fingerprint density at radius 3 is 2.21 bits per heavy atom. The van der Waals surface area contributed by atoms with Crippen molar-refractivity contribution in [2.24, 2.45) is 0 Å². The van der Waals surface area contributed by atoms with Gasteiger partial charge in [0, 0.05) is 32.9 Å². The Labute approximate surface area is 145 Å². The predicted octanol–water partition coefficient (Wildman–Crippen LogP) is 4.35. The standard InChI is InChI=1S/C18H19ClF2N2O/c1-4-23(11-12-5-7-13(8-6-12)22(2)3)18(24)14-9-16(20)17(21)10-15(14)19/h5-10H,4,11H2,1-3H3. The quantitative estimate of drug-likeness (QED) is 0.747. The van der Waals surface area contributed by atoms with E-state index in [0.29, 0.717) is 13.1 Å². The third-order valence-corrected chi connectivity index (χ3v) is 4.05. The van der Waals surface area contributed by atoms with Gasteiger partial charge in [-0.2, -0.15) is 0 Å². The van der Waals surface area contributed by atoms with Gasteiger partial charge in [0.25, 0.3) is 5.91 Å². The molecule has 3 nitrogen and oxygen atoms in total. The number of carbonyl (C=O) groups excluding carboxylic acids is 1. The molecule has 0 saturated carbocycles. The summed E-state index contributed by atoms with van der Waals surface area (Å²) in [4.78, 5) is 16.1. The van der Waals surface area contributed by atoms with Crippen molar-refractivity contribution in [1.82, 2.24) is 4.90 Å². The first kappa shape index (κ1) is 18.2. The molecule has 0 aliphatic carbocycles. The van der Waals surface area contributed by atoms with Crippen LogP contribution in [-0.4, -0.2) is 31.4 Å². The van der Waals surface area contributed by atoms with Crippen LogP contribution in [0.2, 0.25) is 5.02 Å². The molecule has 2 aromatic rings. The van der Waals surface area contributed by atoms with E-state index in [9.17, 15) is 13.6 Å². The Hall–Kier alpha value is -2.14. The van der Waals surface area contributed by atoms with E-state index in [1.54, 1.807) is 0 Å². The van der Waals surface area contributed by atoms with Gasteiger partial charge in [0.2, 0.25) is 0 Å². The number of nitrogens with zero attached hydrogens (tertiary/aromatic N) is 2. The van der Waals surface area contributed by atoms with Gasteiger partial charge in [-0.05, 0) is 36.8 Å². The summed E-state index contributed by atoms with van der Waals surface area (Å²) in [6.45, 7) is 2.60. The largest absolute Gasteiger partial charge is 0.378 e. The van der Waals surface area contributed by atoms with Crippen molar-refractivity contribution in [3.05, 3.63) is 64.2 Å². The molecule has 0 aliphatic rings. The smallest absolute Gasteiger partial charge is 0.255 e. The summed E-state index contributed by atoms with van der Waals surface area (Å²) in [5.74, 6) is -2.59. The summed E-state index contributed by atoms with van der Waals surface area (Å²) in [5, 5.41) is -0.0969. The van der Waals surface area contributed by atoms with Gasteiger partial charge in [0.15, 0.2) is 11.6 Å². The number of hydrogen-bond donors (Lipinski definition) is 0. The lowest BCUT2D eigenvalue weighted by molar-refractivity contribution is 0.0752. The minimum absolute atomic E-state index is 0.0395. The lowest BCUT2D eigenvalue weighted by Gasteiger charge is -2.22. The molecule has 128 valence electrons. The van der Waals surface area contributed by atoms with Crippen molar-refractivity contribution in [2.75, 3.05) is 25.5 Å². The topological polar surface area (TPSA) is 23.6 Å². The van der Waals surface area contributed by atoms with E-state index in [-0.39, 0.29) is 10.6 Å². The summed E-state index contributed by atoms with van der Waals surface area (Å²) >= 11 is 5.90. The third kappa shape index (κ3) is 4.03. The number of amides is 1. The lowest BCUT2D eigenvalue weighted by atomic mass is 10.1. The maximum atomic E-state index is 13.4. The second kappa shape index (κ2) is 7.62. The van der Waals surface area contributed by atoms with E-state index < -0.39 is 17.5 Å². The minimum atomic E-state index is -1.09. The highest BCUT2D eigenvalue weighted by Gasteiger charge is 2.20. The van der Waals surface area contributed by atoms with Gasteiger partial charge in [-0.1, -0.05) is 23.7 Å². The van der Waals surface area contributed by atoms with Crippen LogP contribution in [-0.2, 0) is 6.54 Å². The zero-order chi connectivity index (χ0) is 17.9. The van der Waals surface area contributed by atoms with Crippen LogP contribution in [0.3, 0.4) is 0 Å². The van der Waals surface area contributed by atoms with Crippen molar-refractivity contribution in [3.63, 3.8) is 0 Å². The van der Waals surface area contributed by atoms with Crippen molar-refractivity contribution < 1.29 is 13.6 Å². The van der Waals surface area contributed by atoms with Crippen LogP contribution in [0.1, 0.15) is 22.8 Å². The van der Waals surface area contributed by atoms with Crippen LogP contribution < -0.4 is 4.90 Å². The Bertz CT molecular complexity index is 733. The molecule has 0 radical (unpaired) electrons. The van der Waals surface area contributed by atoms with Crippen molar-refractivity contribution >= 4 is 23.2 Å². The minimum Gasteiger partial charge on any atom is -0.378 e. The first-order valence-corrected chi connectivity index (χ1v) is 7.91. The maximum absolute atomic E-state index is 13.4. The van der Waals surface area contributed by atoms with Crippen molar-refractivity contribution in [3.8, 4) is 0 Å². The molecule has 2 aromatic carbocycles. The zero-order valence-corrected chi connectivity index (χ0v) is 14.6. The van der Waals surface area contributed by atoms with Crippen molar-refractivity contribution in [2.45, 2.75) is 13.5 Å². The maximum Gasteiger partial charge on any atom is 0.255 e. The molecular formula is C18H19ClF2N2O. The van der Waals surface area contributed by atoms with E-state index in [1.165, 1.54) is 4.90 Å². The molecule has 0 atom stereocenters. The van der Waals surface area contributed by atoms with E-state index in [2.05, 4.69) is 0 Å². The Morgan fingerprint density at radius 2 is 1.67 bits per heavy atom. The SMILES string of the molecule is CCN(Cc1ccc(N(C)C)cc1)C(=O)c1cc(F)c(F)cc1Cl. The summed E-state index contributed by atoms with van der Waals surface area (Å²) in [7, 11) is 3.89. The predicted molar refractivity (Wildman–Crippen MR) is 92.6 cm³/mol. The highest BCUT2D eigenvalue weighted by atomic mass is 35.5. The number of benzene rings is 2. The van der Waals surface area contributed by atoms with Gasteiger partial charge in [-0.3, -0.25) is 4.79 Å². The molecule has 0 unspecified atom stereocenters. The number of rotatable bonds is 5. The van der Waals surface area contributed by atoms with Gasteiger partial charge in [-0.25, -0.2) is 8.78 Å². The van der Waals surface area contributed by atoms with E-state index in [4.69, 9.17) is 11.6 Å². The van der Waals surface area contributed by atoms with Crippen molar-refractivity contribution in [1.29, 1.82) is 0 Å². The Morgan fingerprint density at radius 1 is 1.08 bits per heavy atom. The molecule has 1 amide bonds. The number of hydrogen-bond acceptors (Lipinski definition) is 2. The molecule has 24 heavy (non-hydrogen) atoms. The van der Waals surface area contributed by atoms with Crippen LogP contribution in [0.15, 0.2) is 36.4 Å². The fourth-order valence-corrected chi connectivity index (χ4v) is 2.54. The van der Waals surface area contributed by atoms with Crippen LogP contribution in [0.4, 0.5) is 14.5 Å².